The number of aryl methyl sites for hydroxylation is 1. The van der Waals surface area contributed by atoms with Crippen molar-refractivity contribution in [2.75, 3.05) is 14.2 Å². The van der Waals surface area contributed by atoms with Gasteiger partial charge in [0.25, 0.3) is 0 Å². The second kappa shape index (κ2) is 5.91. The highest BCUT2D eigenvalue weighted by Gasteiger charge is 2.10. The molecule has 1 N–H and O–H groups in total. The van der Waals surface area contributed by atoms with Crippen molar-refractivity contribution < 1.29 is 9.47 Å². The molecule has 0 aliphatic heterocycles. The summed E-state index contributed by atoms with van der Waals surface area (Å²) in [6, 6.07) is 7.71. The smallest absolute Gasteiger partial charge is 0.131 e. The van der Waals surface area contributed by atoms with Crippen LogP contribution < -0.4 is 9.47 Å². The SMILES string of the molecule is COc1ccc(-c2cnc(CCC#N)[nH]2)c(OC)c1. The summed E-state index contributed by atoms with van der Waals surface area (Å²) in [5, 5.41) is 8.57. The molecule has 1 aromatic carbocycles. The predicted molar refractivity (Wildman–Crippen MR) is 71.1 cm³/mol. The van der Waals surface area contributed by atoms with Crippen LogP contribution in [0.4, 0.5) is 0 Å². The molecular formula is C14H15N3O2. The van der Waals surface area contributed by atoms with Gasteiger partial charge >= 0.3 is 0 Å². The van der Waals surface area contributed by atoms with Crippen molar-refractivity contribution in [3.8, 4) is 28.8 Å². The van der Waals surface area contributed by atoms with Gasteiger partial charge in [0.2, 0.25) is 0 Å². The highest BCUT2D eigenvalue weighted by atomic mass is 16.5. The molecule has 0 saturated heterocycles. The summed E-state index contributed by atoms with van der Waals surface area (Å²) in [5.74, 6) is 2.26. The molecule has 1 heterocycles. The van der Waals surface area contributed by atoms with Gasteiger partial charge in [-0.2, -0.15) is 5.26 Å². The van der Waals surface area contributed by atoms with Gasteiger partial charge in [0.1, 0.15) is 17.3 Å². The molecule has 5 heteroatoms. The third-order valence-electron chi connectivity index (χ3n) is 2.80. The average Bonchev–Trinajstić information content (AvgIpc) is 2.92. The van der Waals surface area contributed by atoms with Crippen molar-refractivity contribution >= 4 is 0 Å². The van der Waals surface area contributed by atoms with E-state index in [1.807, 2.05) is 18.2 Å². The van der Waals surface area contributed by atoms with Gasteiger partial charge in [-0.25, -0.2) is 4.98 Å². The first-order chi connectivity index (χ1) is 9.28. The zero-order valence-corrected chi connectivity index (χ0v) is 10.9. The van der Waals surface area contributed by atoms with Crippen molar-refractivity contribution in [3.63, 3.8) is 0 Å². The first kappa shape index (κ1) is 13.0. The Balaban J connectivity index is 2.30. The summed E-state index contributed by atoms with van der Waals surface area (Å²) >= 11 is 0. The molecule has 0 spiro atoms. The van der Waals surface area contributed by atoms with Gasteiger partial charge in [-0.3, -0.25) is 0 Å². The summed E-state index contributed by atoms with van der Waals surface area (Å²) in [4.78, 5) is 7.45. The van der Waals surface area contributed by atoms with Crippen LogP contribution in [0.1, 0.15) is 12.2 Å². The van der Waals surface area contributed by atoms with E-state index in [0.717, 1.165) is 28.6 Å². The lowest BCUT2D eigenvalue weighted by Gasteiger charge is -2.08. The Kier molecular flexibility index (Phi) is 4.04. The number of ether oxygens (including phenoxy) is 2. The van der Waals surface area contributed by atoms with E-state index in [2.05, 4.69) is 16.0 Å². The fraction of sp³-hybridized carbons (Fsp3) is 0.286. The standard InChI is InChI=1S/C14H15N3O2/c1-18-10-5-6-11(13(8-10)19-2)12-9-16-14(17-12)4-3-7-15/h5-6,8-9H,3-4H2,1-2H3,(H,16,17). The number of aromatic amines is 1. The summed E-state index contributed by atoms with van der Waals surface area (Å²) in [6.45, 7) is 0. The topological polar surface area (TPSA) is 70.9 Å². The number of nitrogens with one attached hydrogen (secondary N) is 1. The Morgan fingerprint density at radius 2 is 2.16 bits per heavy atom. The zero-order valence-electron chi connectivity index (χ0n) is 10.9. The molecule has 0 atom stereocenters. The second-order valence-electron chi connectivity index (χ2n) is 3.97. The third kappa shape index (κ3) is 2.86. The van der Waals surface area contributed by atoms with Crippen molar-refractivity contribution in [2.45, 2.75) is 12.8 Å². The number of nitriles is 1. The molecule has 19 heavy (non-hydrogen) atoms. The molecule has 0 aliphatic rings. The maximum absolute atomic E-state index is 8.57. The van der Waals surface area contributed by atoms with E-state index >= 15 is 0 Å². The monoisotopic (exact) mass is 257 g/mol. The molecular weight excluding hydrogens is 242 g/mol. The summed E-state index contributed by atoms with van der Waals surface area (Å²) in [5.41, 5.74) is 1.78. The van der Waals surface area contributed by atoms with Crippen molar-refractivity contribution in [1.29, 1.82) is 5.26 Å². The van der Waals surface area contributed by atoms with Crippen LogP contribution in [0, 0.1) is 11.3 Å². The number of hydrogen-bond acceptors (Lipinski definition) is 4. The highest BCUT2D eigenvalue weighted by molar-refractivity contribution is 5.68. The van der Waals surface area contributed by atoms with Gasteiger partial charge in [0, 0.05) is 24.5 Å². The van der Waals surface area contributed by atoms with Gasteiger partial charge in [-0.1, -0.05) is 0 Å². The fourth-order valence-electron chi connectivity index (χ4n) is 1.82. The van der Waals surface area contributed by atoms with Crippen LogP contribution in [-0.2, 0) is 6.42 Å². The number of benzene rings is 1. The van der Waals surface area contributed by atoms with E-state index in [1.165, 1.54) is 0 Å². The minimum atomic E-state index is 0.451. The molecule has 0 radical (unpaired) electrons. The lowest BCUT2D eigenvalue weighted by molar-refractivity contribution is 0.395. The molecule has 1 aromatic heterocycles. The molecule has 2 rings (SSSR count). The first-order valence-corrected chi connectivity index (χ1v) is 5.91. The number of methoxy groups -OCH3 is 2. The predicted octanol–water partition coefficient (Wildman–Crippen LogP) is 2.55. The van der Waals surface area contributed by atoms with Gasteiger partial charge in [-0.05, 0) is 12.1 Å². The number of H-pyrrole nitrogens is 1. The largest absolute Gasteiger partial charge is 0.497 e. The Hall–Kier alpha value is -2.48. The van der Waals surface area contributed by atoms with E-state index < -0.39 is 0 Å². The van der Waals surface area contributed by atoms with Crippen LogP contribution in [0.3, 0.4) is 0 Å². The number of nitrogens with zero attached hydrogens (tertiary/aromatic N) is 2. The molecule has 0 bridgehead atoms. The van der Waals surface area contributed by atoms with E-state index in [0.29, 0.717) is 12.8 Å². The first-order valence-electron chi connectivity index (χ1n) is 5.91. The lowest BCUT2D eigenvalue weighted by atomic mass is 10.1. The van der Waals surface area contributed by atoms with Crippen molar-refractivity contribution in [2.24, 2.45) is 0 Å². The minimum Gasteiger partial charge on any atom is -0.497 e. The molecule has 0 fully saturated rings. The number of hydrogen-bond donors (Lipinski definition) is 1. The van der Waals surface area contributed by atoms with E-state index in [4.69, 9.17) is 14.7 Å². The van der Waals surface area contributed by atoms with Crippen LogP contribution in [0.15, 0.2) is 24.4 Å². The van der Waals surface area contributed by atoms with Crippen LogP contribution in [0.2, 0.25) is 0 Å². The van der Waals surface area contributed by atoms with Crippen molar-refractivity contribution in [3.05, 3.63) is 30.2 Å². The summed E-state index contributed by atoms with van der Waals surface area (Å²) < 4.78 is 10.5. The summed E-state index contributed by atoms with van der Waals surface area (Å²) in [6.07, 6.45) is 2.82. The fourth-order valence-corrected chi connectivity index (χ4v) is 1.82. The Morgan fingerprint density at radius 3 is 2.84 bits per heavy atom. The van der Waals surface area contributed by atoms with Gasteiger partial charge in [0.15, 0.2) is 0 Å². The number of rotatable bonds is 5. The Bertz CT molecular complexity index is 599. The third-order valence-corrected chi connectivity index (χ3v) is 2.80. The van der Waals surface area contributed by atoms with Crippen molar-refractivity contribution in [1.82, 2.24) is 9.97 Å². The van der Waals surface area contributed by atoms with Crippen LogP contribution in [-0.4, -0.2) is 24.2 Å². The van der Waals surface area contributed by atoms with Gasteiger partial charge in [-0.15, -0.1) is 0 Å². The van der Waals surface area contributed by atoms with Crippen LogP contribution >= 0.6 is 0 Å². The second-order valence-corrected chi connectivity index (χ2v) is 3.97. The van der Waals surface area contributed by atoms with E-state index in [-0.39, 0.29) is 0 Å². The molecule has 0 saturated carbocycles. The number of aromatic nitrogens is 2. The Morgan fingerprint density at radius 1 is 1.32 bits per heavy atom. The van der Waals surface area contributed by atoms with E-state index in [1.54, 1.807) is 20.4 Å². The number of imidazole rings is 1. The molecule has 0 unspecified atom stereocenters. The summed E-state index contributed by atoms with van der Waals surface area (Å²) in [7, 11) is 3.23. The zero-order chi connectivity index (χ0) is 13.7. The minimum absolute atomic E-state index is 0.451. The van der Waals surface area contributed by atoms with Gasteiger partial charge < -0.3 is 14.5 Å². The maximum Gasteiger partial charge on any atom is 0.131 e. The maximum atomic E-state index is 8.57. The van der Waals surface area contributed by atoms with Gasteiger partial charge in [0.05, 0.1) is 32.2 Å². The van der Waals surface area contributed by atoms with E-state index in [9.17, 15) is 0 Å². The van der Waals surface area contributed by atoms with Crippen LogP contribution in [0.25, 0.3) is 11.3 Å². The highest BCUT2D eigenvalue weighted by Crippen LogP contribution is 2.32. The molecule has 0 amide bonds. The lowest BCUT2D eigenvalue weighted by Crippen LogP contribution is -1.91. The molecule has 0 aliphatic carbocycles. The molecule has 98 valence electrons. The quantitative estimate of drug-likeness (QED) is 0.893. The Labute approximate surface area is 111 Å². The average molecular weight is 257 g/mol. The molecule has 5 nitrogen and oxygen atoms in total. The normalized spacial score (nSPS) is 9.95. The molecule has 2 aromatic rings. The van der Waals surface area contributed by atoms with Crippen LogP contribution in [0.5, 0.6) is 11.5 Å².